The van der Waals surface area contributed by atoms with Gasteiger partial charge in [-0.3, -0.25) is 4.72 Å². The van der Waals surface area contributed by atoms with E-state index in [1.54, 1.807) is 20.1 Å². The van der Waals surface area contributed by atoms with E-state index in [2.05, 4.69) is 4.72 Å². The Labute approximate surface area is 143 Å². The van der Waals surface area contributed by atoms with Crippen molar-refractivity contribution in [1.82, 2.24) is 0 Å². The van der Waals surface area contributed by atoms with Crippen LogP contribution in [0.3, 0.4) is 0 Å². The lowest BCUT2D eigenvalue weighted by molar-refractivity contribution is 0.410. The second kappa shape index (κ2) is 6.13. The Morgan fingerprint density at radius 2 is 1.71 bits per heavy atom. The maximum Gasteiger partial charge on any atom is 0.262 e. The molecule has 24 heavy (non-hydrogen) atoms. The molecule has 0 amide bonds. The number of ether oxygens (including phenoxy) is 1. The maximum atomic E-state index is 12.9. The van der Waals surface area contributed by atoms with Gasteiger partial charge in [-0.05, 0) is 86.1 Å². The van der Waals surface area contributed by atoms with Crippen molar-refractivity contribution in [1.29, 1.82) is 0 Å². The van der Waals surface area contributed by atoms with Crippen molar-refractivity contribution in [2.45, 2.75) is 44.9 Å². The van der Waals surface area contributed by atoms with Crippen LogP contribution in [-0.4, -0.2) is 15.5 Å². The number of anilines is 1. The molecule has 0 unspecified atom stereocenters. The lowest BCUT2D eigenvalue weighted by Gasteiger charge is -2.17. The van der Waals surface area contributed by atoms with Crippen molar-refractivity contribution >= 4 is 15.7 Å². The number of nitrogens with one attached hydrogen (secondary N) is 1. The zero-order valence-corrected chi connectivity index (χ0v) is 15.4. The Hall–Kier alpha value is -2.01. The highest BCUT2D eigenvalue weighted by atomic mass is 32.2. The Balaban J connectivity index is 2.01. The summed E-state index contributed by atoms with van der Waals surface area (Å²) in [6, 6.07) is 7.61. The highest BCUT2D eigenvalue weighted by Crippen LogP contribution is 2.32. The normalized spacial score (nSPS) is 13.7. The molecule has 2 aromatic carbocycles. The van der Waals surface area contributed by atoms with Gasteiger partial charge in [0.25, 0.3) is 10.0 Å². The zero-order valence-electron chi connectivity index (χ0n) is 14.6. The summed E-state index contributed by atoms with van der Waals surface area (Å²) in [5, 5.41) is 0. The third kappa shape index (κ3) is 2.88. The number of hydrogen-bond acceptors (Lipinski definition) is 3. The molecule has 5 heteroatoms. The number of methoxy groups -OCH3 is 1. The molecule has 0 radical (unpaired) electrons. The van der Waals surface area contributed by atoms with Gasteiger partial charge >= 0.3 is 0 Å². The summed E-state index contributed by atoms with van der Waals surface area (Å²) in [4.78, 5) is 0.335. The van der Waals surface area contributed by atoms with Gasteiger partial charge in [-0.25, -0.2) is 8.42 Å². The molecule has 0 aromatic heterocycles. The van der Waals surface area contributed by atoms with Crippen molar-refractivity contribution in [2.24, 2.45) is 0 Å². The van der Waals surface area contributed by atoms with E-state index >= 15 is 0 Å². The molecule has 0 bridgehead atoms. The SMILES string of the molecule is COc1cc(C)c(S(=O)(=O)Nc2ccc3c(c2)CCC3)c(C)c1C. The van der Waals surface area contributed by atoms with Crippen molar-refractivity contribution in [3.05, 3.63) is 52.1 Å². The minimum Gasteiger partial charge on any atom is -0.496 e. The van der Waals surface area contributed by atoms with Crippen molar-refractivity contribution in [3.8, 4) is 5.75 Å². The average molecular weight is 345 g/mol. The van der Waals surface area contributed by atoms with Crippen LogP contribution < -0.4 is 9.46 Å². The van der Waals surface area contributed by atoms with Crippen molar-refractivity contribution in [2.75, 3.05) is 11.8 Å². The van der Waals surface area contributed by atoms with Gasteiger partial charge in [0, 0.05) is 5.69 Å². The van der Waals surface area contributed by atoms with Crippen LogP contribution in [0.4, 0.5) is 5.69 Å². The van der Waals surface area contributed by atoms with Crippen molar-refractivity contribution < 1.29 is 13.2 Å². The fourth-order valence-electron chi connectivity index (χ4n) is 3.49. The molecule has 0 saturated heterocycles. The summed E-state index contributed by atoms with van der Waals surface area (Å²) in [7, 11) is -2.05. The Kier molecular flexibility index (Phi) is 4.30. The molecule has 4 nitrogen and oxygen atoms in total. The third-order valence-electron chi connectivity index (χ3n) is 4.82. The molecule has 0 saturated carbocycles. The smallest absolute Gasteiger partial charge is 0.262 e. The summed E-state index contributed by atoms with van der Waals surface area (Å²) in [6.07, 6.45) is 3.24. The molecule has 0 heterocycles. The summed E-state index contributed by atoms with van der Waals surface area (Å²) in [5.41, 5.74) is 5.45. The third-order valence-corrected chi connectivity index (χ3v) is 6.49. The van der Waals surface area contributed by atoms with Gasteiger partial charge < -0.3 is 4.74 Å². The largest absolute Gasteiger partial charge is 0.496 e. The molecule has 0 aliphatic heterocycles. The molecule has 1 aliphatic carbocycles. The first-order valence-electron chi connectivity index (χ1n) is 8.13. The Bertz CT molecular complexity index is 901. The van der Waals surface area contributed by atoms with Gasteiger partial charge in [0.1, 0.15) is 5.75 Å². The number of fused-ring (bicyclic) bond motifs is 1. The van der Waals surface area contributed by atoms with E-state index < -0.39 is 10.0 Å². The first-order chi connectivity index (χ1) is 11.3. The molecule has 2 aromatic rings. The Morgan fingerprint density at radius 1 is 1.00 bits per heavy atom. The lowest BCUT2D eigenvalue weighted by Crippen LogP contribution is -2.16. The second-order valence-electron chi connectivity index (χ2n) is 6.42. The number of sulfonamides is 1. The monoisotopic (exact) mass is 345 g/mol. The van der Waals surface area contributed by atoms with Crippen LogP contribution in [-0.2, 0) is 22.9 Å². The highest BCUT2D eigenvalue weighted by molar-refractivity contribution is 7.92. The molecule has 128 valence electrons. The average Bonchev–Trinajstić information content (AvgIpc) is 2.97. The second-order valence-corrected chi connectivity index (χ2v) is 8.04. The van der Waals surface area contributed by atoms with Gasteiger partial charge in [0.2, 0.25) is 0 Å². The molecular formula is C19H23NO3S. The van der Waals surface area contributed by atoms with Crippen LogP contribution in [0, 0.1) is 20.8 Å². The first kappa shape index (κ1) is 16.8. The fraction of sp³-hybridized carbons (Fsp3) is 0.368. The van der Waals surface area contributed by atoms with Crippen LogP contribution in [0.1, 0.15) is 34.2 Å². The maximum absolute atomic E-state index is 12.9. The van der Waals surface area contributed by atoms with E-state index in [1.807, 2.05) is 32.0 Å². The molecule has 0 spiro atoms. The molecule has 0 fully saturated rings. The number of rotatable bonds is 4. The van der Waals surface area contributed by atoms with Crippen LogP contribution in [0.25, 0.3) is 0 Å². The first-order valence-corrected chi connectivity index (χ1v) is 9.61. The van der Waals surface area contributed by atoms with Crippen LogP contribution in [0.2, 0.25) is 0 Å². The summed E-state index contributed by atoms with van der Waals surface area (Å²) in [6.45, 7) is 5.50. The van der Waals surface area contributed by atoms with Crippen LogP contribution in [0.15, 0.2) is 29.2 Å². The topological polar surface area (TPSA) is 55.4 Å². The predicted molar refractivity (Wildman–Crippen MR) is 96.5 cm³/mol. The van der Waals surface area contributed by atoms with Gasteiger partial charge in [-0.1, -0.05) is 6.07 Å². The van der Waals surface area contributed by atoms with Crippen LogP contribution in [0.5, 0.6) is 5.75 Å². The van der Waals surface area contributed by atoms with Crippen molar-refractivity contribution in [3.63, 3.8) is 0 Å². The summed E-state index contributed by atoms with van der Waals surface area (Å²) < 4.78 is 34.0. The van der Waals surface area contributed by atoms with Gasteiger partial charge in [-0.2, -0.15) is 0 Å². The van der Waals surface area contributed by atoms with E-state index in [0.29, 0.717) is 21.9 Å². The lowest BCUT2D eigenvalue weighted by atomic mass is 10.1. The fourth-order valence-corrected chi connectivity index (χ4v) is 5.07. The van der Waals surface area contributed by atoms with E-state index in [9.17, 15) is 8.42 Å². The zero-order chi connectivity index (χ0) is 17.5. The number of benzene rings is 2. The van der Waals surface area contributed by atoms with Crippen LogP contribution >= 0.6 is 0 Å². The van der Waals surface area contributed by atoms with Gasteiger partial charge in [0.05, 0.1) is 12.0 Å². The summed E-state index contributed by atoms with van der Waals surface area (Å²) >= 11 is 0. The van der Waals surface area contributed by atoms with E-state index in [-0.39, 0.29) is 0 Å². The van der Waals surface area contributed by atoms with E-state index in [0.717, 1.165) is 30.4 Å². The van der Waals surface area contributed by atoms with E-state index in [4.69, 9.17) is 4.74 Å². The quantitative estimate of drug-likeness (QED) is 0.914. The summed E-state index contributed by atoms with van der Waals surface area (Å²) in [5.74, 6) is 0.710. The van der Waals surface area contributed by atoms with E-state index in [1.165, 1.54) is 11.1 Å². The van der Waals surface area contributed by atoms with Gasteiger partial charge in [0.15, 0.2) is 0 Å². The predicted octanol–water partition coefficient (Wildman–Crippen LogP) is 3.91. The highest BCUT2D eigenvalue weighted by Gasteiger charge is 2.23. The standard InChI is InChI=1S/C19H23NO3S/c1-12-10-18(23-4)13(2)14(3)19(12)24(21,22)20-17-9-8-15-6-5-7-16(15)11-17/h8-11,20H,5-7H2,1-4H3. The number of aryl methyl sites for hydroxylation is 3. The molecule has 3 rings (SSSR count). The Morgan fingerprint density at radius 3 is 2.42 bits per heavy atom. The molecule has 1 aliphatic rings. The minimum absolute atomic E-state index is 0.335. The molecule has 1 N–H and O–H groups in total. The minimum atomic E-state index is -3.65. The number of hydrogen-bond donors (Lipinski definition) is 1. The van der Waals surface area contributed by atoms with Gasteiger partial charge in [-0.15, -0.1) is 0 Å². The molecule has 0 atom stereocenters. The molecular weight excluding hydrogens is 322 g/mol.